The number of aromatic nitrogens is 3. The zero-order chi connectivity index (χ0) is 29.2. The van der Waals surface area contributed by atoms with E-state index in [0.29, 0.717) is 5.11 Å². The Bertz CT molecular complexity index is 1730. The van der Waals surface area contributed by atoms with E-state index >= 15 is 0 Å². The number of hydrogen-bond acceptors (Lipinski definition) is 6. The SMILES string of the molecule is Cc1cc([C@@H]2[C@@H](c3ccccn3)NC(=S)N2c2ccc(Sc3ccc([N+](=O)[O-])cc3)cc2)c(C)n1Cc1cccnc1. The number of thiocarbonyl (C=S) groups is 1. The zero-order valence-corrected chi connectivity index (χ0v) is 24.7. The number of pyridine rings is 2. The molecule has 0 unspecified atom stereocenters. The topological polar surface area (TPSA) is 89.1 Å². The lowest BCUT2D eigenvalue weighted by Gasteiger charge is -2.28. The van der Waals surface area contributed by atoms with Gasteiger partial charge in [-0.15, -0.1) is 0 Å². The third-order valence-electron chi connectivity index (χ3n) is 7.49. The summed E-state index contributed by atoms with van der Waals surface area (Å²) in [4.78, 5) is 23.7. The van der Waals surface area contributed by atoms with Gasteiger partial charge in [-0.2, -0.15) is 0 Å². The molecule has 1 saturated heterocycles. The summed E-state index contributed by atoms with van der Waals surface area (Å²) in [5.41, 5.74) is 6.64. The van der Waals surface area contributed by atoms with Gasteiger partial charge < -0.3 is 14.8 Å². The smallest absolute Gasteiger partial charge is 0.269 e. The van der Waals surface area contributed by atoms with Crippen LogP contribution in [0.25, 0.3) is 0 Å². The van der Waals surface area contributed by atoms with Crippen molar-refractivity contribution in [1.82, 2.24) is 19.9 Å². The van der Waals surface area contributed by atoms with E-state index in [1.165, 1.54) is 29.1 Å². The van der Waals surface area contributed by atoms with Gasteiger partial charge in [-0.3, -0.25) is 20.1 Å². The summed E-state index contributed by atoms with van der Waals surface area (Å²) in [5.74, 6) is 0. The third-order valence-corrected chi connectivity index (χ3v) is 8.82. The van der Waals surface area contributed by atoms with Gasteiger partial charge in [0.2, 0.25) is 0 Å². The lowest BCUT2D eigenvalue weighted by atomic mass is 9.96. The maximum absolute atomic E-state index is 11.0. The molecule has 6 rings (SSSR count). The molecular weight excluding hydrogens is 565 g/mol. The largest absolute Gasteiger partial charge is 0.351 e. The number of anilines is 1. The van der Waals surface area contributed by atoms with Crippen LogP contribution in [-0.4, -0.2) is 24.6 Å². The van der Waals surface area contributed by atoms with Crippen LogP contribution >= 0.6 is 24.0 Å². The first kappa shape index (κ1) is 27.6. The number of nitro benzene ring substituents is 1. The van der Waals surface area contributed by atoms with E-state index in [2.05, 4.69) is 70.0 Å². The van der Waals surface area contributed by atoms with Gasteiger partial charge in [0.15, 0.2) is 5.11 Å². The standard InChI is InChI=1S/C32H28N6O2S2/c1-21-18-28(22(2)36(21)20-23-6-5-16-33-19-23)31-30(29-7-3-4-17-34-29)35-32(41)37(31)24-8-12-26(13-9-24)42-27-14-10-25(11-15-27)38(39)40/h3-19,30-31H,20H2,1-2H3,(H,35,41)/t30-,31-/m1/s1. The number of benzene rings is 2. The predicted octanol–water partition coefficient (Wildman–Crippen LogP) is 7.18. The van der Waals surface area contributed by atoms with Gasteiger partial charge in [0.25, 0.3) is 5.69 Å². The highest BCUT2D eigenvalue weighted by Gasteiger charge is 2.42. The average molecular weight is 593 g/mol. The van der Waals surface area contributed by atoms with Crippen LogP contribution in [-0.2, 0) is 6.54 Å². The Hall–Kier alpha value is -4.54. The first-order valence-corrected chi connectivity index (χ1v) is 14.7. The van der Waals surface area contributed by atoms with Crippen LogP contribution in [0.3, 0.4) is 0 Å². The van der Waals surface area contributed by atoms with E-state index in [-0.39, 0.29) is 22.7 Å². The molecule has 1 aliphatic rings. The summed E-state index contributed by atoms with van der Waals surface area (Å²) in [6.45, 7) is 5.04. The number of nitrogens with one attached hydrogen (secondary N) is 1. The fourth-order valence-corrected chi connectivity index (χ4v) is 6.60. The normalized spacial score (nSPS) is 16.4. The van der Waals surface area contributed by atoms with Gasteiger partial charge in [-0.1, -0.05) is 23.9 Å². The Morgan fingerprint density at radius 2 is 1.71 bits per heavy atom. The summed E-state index contributed by atoms with van der Waals surface area (Å²) in [6.07, 6.45) is 5.51. The lowest BCUT2D eigenvalue weighted by Crippen LogP contribution is -2.29. The molecule has 2 aromatic carbocycles. The van der Waals surface area contributed by atoms with Crippen molar-refractivity contribution in [2.75, 3.05) is 4.90 Å². The van der Waals surface area contributed by atoms with Crippen molar-refractivity contribution >= 4 is 40.5 Å². The van der Waals surface area contributed by atoms with Crippen molar-refractivity contribution in [3.05, 3.63) is 142 Å². The highest BCUT2D eigenvalue weighted by atomic mass is 32.2. The van der Waals surface area contributed by atoms with Gasteiger partial charge in [0.05, 0.1) is 22.7 Å². The molecule has 3 aromatic heterocycles. The van der Waals surface area contributed by atoms with Gasteiger partial charge in [-0.25, -0.2) is 0 Å². The van der Waals surface area contributed by atoms with E-state index in [1.54, 1.807) is 30.1 Å². The Morgan fingerprint density at radius 3 is 2.36 bits per heavy atom. The quantitative estimate of drug-likeness (QED) is 0.115. The van der Waals surface area contributed by atoms with Crippen LogP contribution < -0.4 is 10.2 Å². The molecule has 0 spiro atoms. The van der Waals surface area contributed by atoms with Gasteiger partial charge >= 0.3 is 0 Å². The Morgan fingerprint density at radius 1 is 0.976 bits per heavy atom. The van der Waals surface area contributed by atoms with Crippen LogP contribution in [0.15, 0.2) is 113 Å². The van der Waals surface area contributed by atoms with Gasteiger partial charge in [0, 0.05) is 64.1 Å². The third kappa shape index (κ3) is 5.50. The number of rotatable bonds is 8. The van der Waals surface area contributed by atoms with E-state index < -0.39 is 0 Å². The second kappa shape index (κ2) is 11.8. The summed E-state index contributed by atoms with van der Waals surface area (Å²) < 4.78 is 2.32. The molecule has 0 amide bonds. The number of hydrogen-bond donors (Lipinski definition) is 1. The van der Waals surface area contributed by atoms with Crippen molar-refractivity contribution < 1.29 is 4.92 Å². The molecule has 0 bridgehead atoms. The second-order valence-electron chi connectivity index (χ2n) is 10.1. The zero-order valence-electron chi connectivity index (χ0n) is 23.0. The van der Waals surface area contributed by atoms with Crippen LogP contribution in [0.2, 0.25) is 0 Å². The number of nitrogens with zero attached hydrogens (tertiary/aromatic N) is 5. The van der Waals surface area contributed by atoms with Crippen LogP contribution in [0.1, 0.15) is 40.3 Å². The van der Waals surface area contributed by atoms with E-state index in [0.717, 1.165) is 33.3 Å². The molecule has 1 aliphatic heterocycles. The maximum Gasteiger partial charge on any atom is 0.269 e. The van der Waals surface area contributed by atoms with Gasteiger partial charge in [-0.05, 0) is 97.9 Å². The fourth-order valence-electron chi connectivity index (χ4n) is 5.44. The molecule has 2 atom stereocenters. The van der Waals surface area contributed by atoms with E-state index in [9.17, 15) is 10.1 Å². The van der Waals surface area contributed by atoms with Crippen molar-refractivity contribution in [3.8, 4) is 0 Å². The van der Waals surface area contributed by atoms with Crippen LogP contribution in [0, 0.1) is 24.0 Å². The first-order valence-electron chi connectivity index (χ1n) is 13.5. The number of aryl methyl sites for hydroxylation is 1. The van der Waals surface area contributed by atoms with Crippen LogP contribution in [0.4, 0.5) is 11.4 Å². The summed E-state index contributed by atoms with van der Waals surface area (Å²) >= 11 is 7.50. The Labute approximate surface area is 253 Å². The number of non-ortho nitro benzene ring substituents is 1. The molecule has 42 heavy (non-hydrogen) atoms. The Balaban J connectivity index is 1.34. The van der Waals surface area contributed by atoms with Gasteiger partial charge in [0.1, 0.15) is 0 Å². The van der Waals surface area contributed by atoms with Crippen molar-refractivity contribution in [2.24, 2.45) is 0 Å². The molecule has 210 valence electrons. The highest BCUT2D eigenvalue weighted by Crippen LogP contribution is 2.44. The fraction of sp³-hybridized carbons (Fsp3) is 0.156. The second-order valence-corrected chi connectivity index (χ2v) is 11.7. The van der Waals surface area contributed by atoms with Crippen molar-refractivity contribution in [3.63, 3.8) is 0 Å². The molecule has 1 fully saturated rings. The molecular formula is C32H28N6O2S2. The summed E-state index contributed by atoms with van der Waals surface area (Å²) in [5, 5.41) is 15.2. The van der Waals surface area contributed by atoms with Crippen LogP contribution in [0.5, 0.6) is 0 Å². The van der Waals surface area contributed by atoms with Crippen molar-refractivity contribution in [1.29, 1.82) is 0 Å². The minimum Gasteiger partial charge on any atom is -0.351 e. The molecule has 0 saturated carbocycles. The van der Waals surface area contributed by atoms with E-state index in [1.807, 2.05) is 36.7 Å². The molecule has 1 N–H and O–H groups in total. The van der Waals surface area contributed by atoms with Crippen molar-refractivity contribution in [2.45, 2.75) is 42.3 Å². The average Bonchev–Trinajstić information content (AvgIpc) is 3.49. The highest BCUT2D eigenvalue weighted by molar-refractivity contribution is 7.99. The molecule has 0 radical (unpaired) electrons. The summed E-state index contributed by atoms with van der Waals surface area (Å²) in [7, 11) is 0. The minimum atomic E-state index is -0.388. The number of nitro groups is 1. The summed E-state index contributed by atoms with van der Waals surface area (Å²) in [6, 6.07) is 26.9. The molecule has 4 heterocycles. The Kier molecular flexibility index (Phi) is 7.73. The predicted molar refractivity (Wildman–Crippen MR) is 169 cm³/mol. The molecule has 5 aromatic rings. The maximum atomic E-state index is 11.0. The molecule has 0 aliphatic carbocycles. The molecule has 8 nitrogen and oxygen atoms in total. The lowest BCUT2D eigenvalue weighted by molar-refractivity contribution is -0.384. The minimum absolute atomic E-state index is 0.0815. The van der Waals surface area contributed by atoms with E-state index in [4.69, 9.17) is 17.2 Å². The molecule has 10 heteroatoms. The monoisotopic (exact) mass is 592 g/mol. The first-order chi connectivity index (χ1) is 20.4.